The van der Waals surface area contributed by atoms with E-state index in [-0.39, 0.29) is 29.5 Å². The second-order valence-electron chi connectivity index (χ2n) is 4.92. The number of aromatic nitrogens is 2. The lowest BCUT2D eigenvalue weighted by molar-refractivity contribution is -0.274. The van der Waals surface area contributed by atoms with E-state index in [4.69, 9.17) is 0 Å². The molecule has 9 heteroatoms. The highest BCUT2D eigenvalue weighted by Crippen LogP contribution is 2.34. The topological polar surface area (TPSA) is 84.1 Å². The van der Waals surface area contributed by atoms with Gasteiger partial charge >= 0.3 is 6.36 Å². The van der Waals surface area contributed by atoms with E-state index in [0.717, 1.165) is 12.1 Å². The molecule has 1 aromatic heterocycles. The maximum absolute atomic E-state index is 12.2. The number of rotatable bonds is 2. The molecule has 1 aliphatic rings. The van der Waals surface area contributed by atoms with Crippen LogP contribution in [0.15, 0.2) is 35.4 Å². The van der Waals surface area contributed by atoms with Crippen molar-refractivity contribution in [2.24, 2.45) is 0 Å². The number of ether oxygens (including phenoxy) is 1. The van der Waals surface area contributed by atoms with Crippen LogP contribution in [0.3, 0.4) is 0 Å². The highest BCUT2D eigenvalue weighted by Gasteiger charge is 2.32. The van der Waals surface area contributed by atoms with E-state index in [1.54, 1.807) is 0 Å². The van der Waals surface area contributed by atoms with E-state index in [9.17, 15) is 22.8 Å². The minimum absolute atomic E-state index is 0.00124. The molecule has 0 spiro atoms. The summed E-state index contributed by atoms with van der Waals surface area (Å²) in [6, 6.07) is 5.06. The second kappa shape index (κ2) is 5.41. The molecule has 1 atom stereocenters. The summed E-state index contributed by atoms with van der Waals surface area (Å²) in [7, 11) is 0. The lowest BCUT2D eigenvalue weighted by Crippen LogP contribution is -2.30. The number of aromatic amines is 1. The third-order valence-corrected chi connectivity index (χ3v) is 3.40. The van der Waals surface area contributed by atoms with Crippen LogP contribution in [0, 0.1) is 0 Å². The van der Waals surface area contributed by atoms with Gasteiger partial charge in [0.1, 0.15) is 11.6 Å². The zero-order valence-electron chi connectivity index (χ0n) is 11.5. The van der Waals surface area contributed by atoms with Crippen LogP contribution in [0.4, 0.5) is 19.0 Å². The highest BCUT2D eigenvalue weighted by molar-refractivity contribution is 5.94. The van der Waals surface area contributed by atoms with Gasteiger partial charge in [-0.3, -0.25) is 9.59 Å². The molecule has 2 heterocycles. The Balaban J connectivity index is 1.97. The van der Waals surface area contributed by atoms with Crippen LogP contribution in [0.5, 0.6) is 5.75 Å². The maximum atomic E-state index is 12.2. The normalized spacial score (nSPS) is 17.3. The first-order valence-electron chi connectivity index (χ1n) is 6.56. The standard InChI is InChI=1S/C14H10F3N3O3/c15-14(16,17)23-8-3-1-7(2-4-8)9-5-10(21)20-12-11(9)13(22)19-6-18-12/h1-4,6,9H,5H2,(H2,18,19,20,21,22). The van der Waals surface area contributed by atoms with Gasteiger partial charge in [-0.1, -0.05) is 12.1 Å². The summed E-state index contributed by atoms with van der Waals surface area (Å²) in [6.07, 6.45) is -3.61. The fraction of sp³-hybridized carbons (Fsp3) is 0.214. The van der Waals surface area contributed by atoms with Crippen LogP contribution >= 0.6 is 0 Å². The van der Waals surface area contributed by atoms with Crippen molar-refractivity contribution in [1.82, 2.24) is 9.97 Å². The Hall–Kier alpha value is -2.84. The number of carbonyl (C=O) groups excluding carboxylic acids is 1. The average molecular weight is 325 g/mol. The number of fused-ring (bicyclic) bond motifs is 1. The fourth-order valence-corrected chi connectivity index (χ4v) is 2.49. The van der Waals surface area contributed by atoms with Gasteiger partial charge in [0, 0.05) is 12.3 Å². The van der Waals surface area contributed by atoms with E-state index in [0.29, 0.717) is 5.56 Å². The zero-order valence-corrected chi connectivity index (χ0v) is 11.5. The van der Waals surface area contributed by atoms with Crippen molar-refractivity contribution in [2.75, 3.05) is 5.32 Å². The Morgan fingerprint density at radius 1 is 1.17 bits per heavy atom. The molecule has 0 aliphatic carbocycles. The summed E-state index contributed by atoms with van der Waals surface area (Å²) >= 11 is 0. The Morgan fingerprint density at radius 2 is 1.87 bits per heavy atom. The number of anilines is 1. The van der Waals surface area contributed by atoms with Crippen LogP contribution in [-0.4, -0.2) is 22.2 Å². The van der Waals surface area contributed by atoms with Crippen molar-refractivity contribution in [2.45, 2.75) is 18.7 Å². The number of halogens is 3. The van der Waals surface area contributed by atoms with Gasteiger partial charge in [-0.25, -0.2) is 4.98 Å². The minimum atomic E-state index is -4.78. The van der Waals surface area contributed by atoms with Gasteiger partial charge in [-0.05, 0) is 17.7 Å². The van der Waals surface area contributed by atoms with Crippen molar-refractivity contribution in [3.63, 3.8) is 0 Å². The summed E-state index contributed by atoms with van der Waals surface area (Å²) < 4.78 is 40.3. The molecular formula is C14H10F3N3O3. The largest absolute Gasteiger partial charge is 0.573 e. The third kappa shape index (κ3) is 3.17. The lowest BCUT2D eigenvalue weighted by Gasteiger charge is -2.24. The minimum Gasteiger partial charge on any atom is -0.406 e. The smallest absolute Gasteiger partial charge is 0.406 e. The van der Waals surface area contributed by atoms with Crippen LogP contribution in [0.2, 0.25) is 0 Å². The van der Waals surface area contributed by atoms with Gasteiger partial charge in [0.25, 0.3) is 5.56 Å². The molecule has 3 rings (SSSR count). The third-order valence-electron chi connectivity index (χ3n) is 3.40. The predicted octanol–water partition coefficient (Wildman–Crippen LogP) is 2.14. The molecule has 2 N–H and O–H groups in total. The van der Waals surface area contributed by atoms with E-state index in [1.807, 2.05) is 0 Å². The molecule has 0 saturated carbocycles. The summed E-state index contributed by atoms with van der Waals surface area (Å²) in [5.74, 6) is -1.13. The molecule has 2 aromatic rings. The number of hydrogen-bond donors (Lipinski definition) is 2. The molecule has 0 bridgehead atoms. The molecule has 1 unspecified atom stereocenters. The molecule has 23 heavy (non-hydrogen) atoms. The first-order chi connectivity index (χ1) is 10.8. The first-order valence-corrected chi connectivity index (χ1v) is 6.56. The fourth-order valence-electron chi connectivity index (χ4n) is 2.49. The first kappa shape index (κ1) is 15.1. The Bertz CT molecular complexity index is 799. The number of alkyl halides is 3. The van der Waals surface area contributed by atoms with Crippen molar-refractivity contribution < 1.29 is 22.7 Å². The Labute approximate surface area is 127 Å². The Morgan fingerprint density at radius 3 is 2.52 bits per heavy atom. The zero-order chi connectivity index (χ0) is 16.6. The van der Waals surface area contributed by atoms with E-state index in [1.165, 1.54) is 18.5 Å². The summed E-state index contributed by atoms with van der Waals surface area (Å²) in [5.41, 5.74) is 0.390. The van der Waals surface area contributed by atoms with E-state index >= 15 is 0 Å². The number of amides is 1. The number of nitrogens with zero attached hydrogens (tertiary/aromatic N) is 1. The quantitative estimate of drug-likeness (QED) is 0.886. The molecular weight excluding hydrogens is 315 g/mol. The molecule has 6 nitrogen and oxygen atoms in total. The number of carbonyl (C=O) groups is 1. The molecule has 120 valence electrons. The Kier molecular flexibility index (Phi) is 3.55. The molecule has 1 aliphatic heterocycles. The van der Waals surface area contributed by atoms with Crippen molar-refractivity contribution >= 4 is 11.7 Å². The second-order valence-corrected chi connectivity index (χ2v) is 4.92. The number of nitrogens with one attached hydrogen (secondary N) is 2. The monoisotopic (exact) mass is 325 g/mol. The van der Waals surface area contributed by atoms with Gasteiger partial charge in [0.05, 0.1) is 11.9 Å². The summed E-state index contributed by atoms with van der Waals surface area (Å²) in [4.78, 5) is 30.1. The van der Waals surface area contributed by atoms with Crippen LogP contribution in [0.1, 0.15) is 23.5 Å². The summed E-state index contributed by atoms with van der Waals surface area (Å²) in [5, 5.41) is 2.50. The molecule has 0 saturated heterocycles. The van der Waals surface area contributed by atoms with Gasteiger partial charge in [0.2, 0.25) is 5.91 Å². The van der Waals surface area contributed by atoms with Crippen LogP contribution in [-0.2, 0) is 4.79 Å². The SMILES string of the molecule is O=C1CC(c2ccc(OC(F)(F)F)cc2)c2c(nc[nH]c2=O)N1. The van der Waals surface area contributed by atoms with Crippen molar-refractivity contribution in [3.8, 4) is 5.75 Å². The van der Waals surface area contributed by atoms with Gasteiger partial charge < -0.3 is 15.0 Å². The molecule has 0 fully saturated rings. The van der Waals surface area contributed by atoms with Crippen LogP contribution < -0.4 is 15.6 Å². The number of hydrogen-bond acceptors (Lipinski definition) is 4. The van der Waals surface area contributed by atoms with Crippen molar-refractivity contribution in [3.05, 3.63) is 52.1 Å². The lowest BCUT2D eigenvalue weighted by atomic mass is 9.87. The predicted molar refractivity (Wildman–Crippen MR) is 73.1 cm³/mol. The number of benzene rings is 1. The maximum Gasteiger partial charge on any atom is 0.573 e. The number of H-pyrrole nitrogens is 1. The van der Waals surface area contributed by atoms with Crippen LogP contribution in [0.25, 0.3) is 0 Å². The van der Waals surface area contributed by atoms with E-state index < -0.39 is 17.8 Å². The summed E-state index contributed by atoms with van der Waals surface area (Å²) in [6.45, 7) is 0. The van der Waals surface area contributed by atoms with Crippen molar-refractivity contribution in [1.29, 1.82) is 0 Å². The average Bonchev–Trinajstić information content (AvgIpc) is 2.45. The molecule has 0 radical (unpaired) electrons. The van der Waals surface area contributed by atoms with Gasteiger partial charge in [-0.15, -0.1) is 13.2 Å². The highest BCUT2D eigenvalue weighted by atomic mass is 19.4. The molecule has 1 aromatic carbocycles. The van der Waals surface area contributed by atoms with Gasteiger partial charge in [0.15, 0.2) is 0 Å². The van der Waals surface area contributed by atoms with Gasteiger partial charge in [-0.2, -0.15) is 0 Å². The molecule has 1 amide bonds. The van der Waals surface area contributed by atoms with E-state index in [2.05, 4.69) is 20.0 Å².